The molecule has 0 aromatic heterocycles. The number of anilines is 1. The molecular weight excluding hydrogens is 294 g/mol. The van der Waals surface area contributed by atoms with Gasteiger partial charge in [-0.2, -0.15) is 0 Å². The Hall–Kier alpha value is -0.750. The predicted molar refractivity (Wildman–Crippen MR) is 77.9 cm³/mol. The van der Waals surface area contributed by atoms with Crippen molar-refractivity contribution in [3.8, 4) is 5.75 Å². The van der Waals surface area contributed by atoms with E-state index in [4.69, 9.17) is 15.2 Å². The fraction of sp³-hybridized carbons (Fsp3) is 0.500. The molecule has 1 aromatic carbocycles. The first kappa shape index (κ1) is 18.2. The molecule has 0 unspecified atom stereocenters. The normalized spacial score (nSPS) is 17.5. The van der Waals surface area contributed by atoms with Crippen molar-refractivity contribution in [3.05, 3.63) is 23.5 Å². The molecule has 1 heterocycles. The summed E-state index contributed by atoms with van der Waals surface area (Å²) < 4.78 is 24.7. The molecule has 0 radical (unpaired) electrons. The van der Waals surface area contributed by atoms with E-state index >= 15 is 0 Å². The maximum Gasteiger partial charge on any atom is 0.167 e. The molecular formula is C12H19Cl2FN2O2. The van der Waals surface area contributed by atoms with E-state index in [9.17, 15) is 4.39 Å². The van der Waals surface area contributed by atoms with Crippen molar-refractivity contribution >= 4 is 30.5 Å². The number of hydrogen-bond donors (Lipinski definition) is 2. The van der Waals surface area contributed by atoms with Gasteiger partial charge in [-0.05, 0) is 13.1 Å². The van der Waals surface area contributed by atoms with Gasteiger partial charge in [0, 0.05) is 30.3 Å². The summed E-state index contributed by atoms with van der Waals surface area (Å²) in [4.78, 5) is 0. The van der Waals surface area contributed by atoms with Crippen LogP contribution in [0.5, 0.6) is 5.75 Å². The first-order valence-electron chi connectivity index (χ1n) is 5.67. The average molecular weight is 313 g/mol. The van der Waals surface area contributed by atoms with Crippen LogP contribution in [-0.4, -0.2) is 26.4 Å². The highest BCUT2D eigenvalue weighted by atomic mass is 35.5. The van der Waals surface area contributed by atoms with E-state index in [0.29, 0.717) is 25.4 Å². The Balaban J connectivity index is 0.00000162. The lowest BCUT2D eigenvalue weighted by atomic mass is 10.1. The van der Waals surface area contributed by atoms with E-state index < -0.39 is 5.82 Å². The van der Waals surface area contributed by atoms with Crippen LogP contribution in [0, 0.1) is 5.82 Å². The summed E-state index contributed by atoms with van der Waals surface area (Å²) in [7, 11) is 1.80. The van der Waals surface area contributed by atoms with Crippen LogP contribution in [0.2, 0.25) is 0 Å². The van der Waals surface area contributed by atoms with Gasteiger partial charge in [0.15, 0.2) is 11.6 Å². The second-order valence-corrected chi connectivity index (χ2v) is 4.12. The quantitative estimate of drug-likeness (QED) is 0.836. The third-order valence-electron chi connectivity index (χ3n) is 2.68. The molecule has 0 bridgehead atoms. The second kappa shape index (κ2) is 8.43. The average Bonchev–Trinajstić information content (AvgIpc) is 2.76. The molecule has 110 valence electrons. The summed E-state index contributed by atoms with van der Waals surface area (Å²) in [5.41, 5.74) is 6.76. The van der Waals surface area contributed by atoms with E-state index in [1.807, 2.05) is 0 Å². The lowest BCUT2D eigenvalue weighted by molar-refractivity contribution is 0.137. The van der Waals surface area contributed by atoms with E-state index in [1.54, 1.807) is 13.1 Å². The van der Waals surface area contributed by atoms with Gasteiger partial charge in [-0.1, -0.05) is 0 Å². The number of hydrogen-bond acceptors (Lipinski definition) is 4. The molecule has 7 heteroatoms. The molecule has 4 nitrogen and oxygen atoms in total. The fourth-order valence-electron chi connectivity index (χ4n) is 1.90. The molecule has 3 N–H and O–H groups in total. The first-order chi connectivity index (χ1) is 8.20. The summed E-state index contributed by atoms with van der Waals surface area (Å²) >= 11 is 0. The number of benzene rings is 1. The standard InChI is InChI=1S/C12H17FN2O2.2ClH/c1-15-6-8-4-9(14)5-11(13)12(8)17-10-2-3-16-7-10;;/h4-5,10,15H,2-3,6-7,14H2,1H3;2*1H/t10-;;/m0../s1. The second-order valence-electron chi connectivity index (χ2n) is 4.12. The molecule has 1 fully saturated rings. The van der Waals surface area contributed by atoms with Gasteiger partial charge in [0.25, 0.3) is 0 Å². The minimum absolute atomic E-state index is 0. The Morgan fingerprint density at radius 2 is 2.21 bits per heavy atom. The first-order valence-corrected chi connectivity index (χ1v) is 5.67. The molecule has 0 aliphatic carbocycles. The Morgan fingerprint density at radius 3 is 2.79 bits per heavy atom. The fourth-order valence-corrected chi connectivity index (χ4v) is 1.90. The topological polar surface area (TPSA) is 56.5 Å². The number of ether oxygens (including phenoxy) is 2. The van der Waals surface area contributed by atoms with Crippen molar-refractivity contribution in [2.24, 2.45) is 0 Å². The number of nitrogens with one attached hydrogen (secondary N) is 1. The SMILES string of the molecule is CNCc1cc(N)cc(F)c1O[C@H]1CCOC1.Cl.Cl. The van der Waals surface area contributed by atoms with Crippen LogP contribution in [-0.2, 0) is 11.3 Å². The Morgan fingerprint density at radius 1 is 1.47 bits per heavy atom. The zero-order valence-electron chi connectivity index (χ0n) is 10.6. The van der Waals surface area contributed by atoms with Gasteiger partial charge in [0.1, 0.15) is 6.10 Å². The smallest absolute Gasteiger partial charge is 0.167 e. The Kier molecular flexibility index (Phi) is 8.09. The van der Waals surface area contributed by atoms with Crippen LogP contribution in [0.25, 0.3) is 0 Å². The van der Waals surface area contributed by atoms with Gasteiger partial charge in [0.2, 0.25) is 0 Å². The summed E-state index contributed by atoms with van der Waals surface area (Å²) in [6, 6.07) is 3.01. The predicted octanol–water partition coefficient (Wildman–Crippen LogP) is 2.14. The van der Waals surface area contributed by atoms with E-state index in [0.717, 1.165) is 12.0 Å². The third-order valence-corrected chi connectivity index (χ3v) is 2.68. The van der Waals surface area contributed by atoms with Crippen molar-refractivity contribution in [2.75, 3.05) is 26.0 Å². The lowest BCUT2D eigenvalue weighted by Gasteiger charge is -2.16. The van der Waals surface area contributed by atoms with Gasteiger partial charge in [-0.3, -0.25) is 0 Å². The highest BCUT2D eigenvalue weighted by molar-refractivity contribution is 5.85. The van der Waals surface area contributed by atoms with Gasteiger partial charge in [-0.15, -0.1) is 24.8 Å². The minimum Gasteiger partial charge on any atom is -0.485 e. The summed E-state index contributed by atoms with van der Waals surface area (Å²) in [6.45, 7) is 1.70. The number of nitrogens with two attached hydrogens (primary N) is 1. The largest absolute Gasteiger partial charge is 0.485 e. The van der Waals surface area contributed by atoms with Crippen LogP contribution >= 0.6 is 24.8 Å². The molecule has 1 atom stereocenters. The molecule has 1 aromatic rings. The molecule has 19 heavy (non-hydrogen) atoms. The van der Waals surface area contributed by atoms with Crippen molar-refractivity contribution in [2.45, 2.75) is 19.1 Å². The highest BCUT2D eigenvalue weighted by Crippen LogP contribution is 2.28. The van der Waals surface area contributed by atoms with Crippen LogP contribution in [0.3, 0.4) is 0 Å². The monoisotopic (exact) mass is 312 g/mol. The van der Waals surface area contributed by atoms with Crippen LogP contribution in [0.1, 0.15) is 12.0 Å². The highest BCUT2D eigenvalue weighted by Gasteiger charge is 2.21. The number of halogens is 3. The number of nitrogen functional groups attached to an aromatic ring is 1. The lowest BCUT2D eigenvalue weighted by Crippen LogP contribution is -2.19. The Bertz CT molecular complexity index is 402. The van der Waals surface area contributed by atoms with E-state index in [2.05, 4.69) is 5.32 Å². The van der Waals surface area contributed by atoms with Crippen LogP contribution < -0.4 is 15.8 Å². The van der Waals surface area contributed by atoms with Gasteiger partial charge in [0.05, 0.1) is 13.2 Å². The van der Waals surface area contributed by atoms with Crippen molar-refractivity contribution in [1.29, 1.82) is 0 Å². The maximum absolute atomic E-state index is 13.8. The molecule has 0 saturated carbocycles. The van der Waals surface area contributed by atoms with E-state index in [-0.39, 0.29) is 36.7 Å². The molecule has 0 amide bonds. The van der Waals surface area contributed by atoms with Gasteiger partial charge >= 0.3 is 0 Å². The maximum atomic E-state index is 13.8. The zero-order chi connectivity index (χ0) is 12.3. The molecule has 2 rings (SSSR count). The third kappa shape index (κ3) is 4.69. The Labute approximate surface area is 124 Å². The molecule has 1 saturated heterocycles. The van der Waals surface area contributed by atoms with Crippen molar-refractivity contribution in [3.63, 3.8) is 0 Å². The summed E-state index contributed by atoms with van der Waals surface area (Å²) in [5.74, 6) is -0.133. The van der Waals surface area contributed by atoms with Crippen molar-refractivity contribution < 1.29 is 13.9 Å². The molecule has 0 spiro atoms. The molecule has 1 aliphatic heterocycles. The minimum atomic E-state index is -0.415. The molecule has 1 aliphatic rings. The van der Waals surface area contributed by atoms with Gasteiger partial charge in [-0.25, -0.2) is 4.39 Å². The van der Waals surface area contributed by atoms with Crippen LogP contribution in [0.15, 0.2) is 12.1 Å². The summed E-state index contributed by atoms with van der Waals surface area (Å²) in [5, 5.41) is 2.97. The van der Waals surface area contributed by atoms with Crippen molar-refractivity contribution in [1.82, 2.24) is 5.32 Å². The number of rotatable bonds is 4. The zero-order valence-corrected chi connectivity index (χ0v) is 12.3. The van der Waals surface area contributed by atoms with Crippen LogP contribution in [0.4, 0.5) is 10.1 Å². The summed E-state index contributed by atoms with van der Waals surface area (Å²) in [6.07, 6.45) is 0.728. The van der Waals surface area contributed by atoms with Gasteiger partial charge < -0.3 is 20.5 Å². The van der Waals surface area contributed by atoms with E-state index in [1.165, 1.54) is 6.07 Å².